The van der Waals surface area contributed by atoms with Crippen LogP contribution in [0, 0.1) is 0 Å². The number of anilines is 1. The predicted molar refractivity (Wildman–Crippen MR) is 113 cm³/mol. The fourth-order valence-corrected chi connectivity index (χ4v) is 4.36. The summed E-state index contributed by atoms with van der Waals surface area (Å²) in [6, 6.07) is 14.8. The minimum Gasteiger partial charge on any atom is -0.481 e. The zero-order chi connectivity index (χ0) is 19.3. The summed E-state index contributed by atoms with van der Waals surface area (Å²) in [6.45, 7) is 4.57. The normalized spacial score (nSPS) is 16.2. The molecule has 1 amide bonds. The van der Waals surface area contributed by atoms with Gasteiger partial charge in [0.05, 0.1) is 0 Å². The molecule has 2 aromatic carbocycles. The number of carbonyl (C=O) groups excluding carboxylic acids is 1. The quantitative estimate of drug-likeness (QED) is 0.743. The third-order valence-corrected chi connectivity index (χ3v) is 5.91. The number of nitrogens with zero attached hydrogens (tertiary/aromatic N) is 1. The third-order valence-electron chi connectivity index (χ3n) is 5.91. The van der Waals surface area contributed by atoms with Gasteiger partial charge in [0.15, 0.2) is 6.10 Å². The largest absolute Gasteiger partial charge is 0.481 e. The lowest BCUT2D eigenvalue weighted by molar-refractivity contribution is -0.127. The van der Waals surface area contributed by atoms with E-state index < -0.39 is 6.10 Å². The number of carbonyl (C=O) groups is 1. The molecule has 0 aromatic heterocycles. The van der Waals surface area contributed by atoms with Gasteiger partial charge in [-0.05, 0) is 74.3 Å². The molecule has 0 unspecified atom stereocenters. The van der Waals surface area contributed by atoms with Crippen LogP contribution in [0.3, 0.4) is 0 Å². The maximum atomic E-state index is 12.5. The van der Waals surface area contributed by atoms with E-state index in [0.29, 0.717) is 6.54 Å². The molecule has 1 N–H and O–H groups in total. The van der Waals surface area contributed by atoms with Crippen molar-refractivity contribution < 1.29 is 9.53 Å². The number of ether oxygens (including phenoxy) is 1. The Labute approximate surface area is 167 Å². The van der Waals surface area contributed by atoms with E-state index in [9.17, 15) is 4.79 Å². The monoisotopic (exact) mass is 378 g/mol. The molecule has 0 bridgehead atoms. The number of rotatable bonds is 7. The van der Waals surface area contributed by atoms with Crippen LogP contribution in [0.1, 0.15) is 42.9 Å². The standard InChI is InChI=1S/C24H30N2O2/c1-18(28-23-13-6-10-19-8-2-4-11-21(19)23)24(27)25-15-7-16-26-17-14-20-9-3-5-12-22(20)26/h3,5-6,9-10,12-13,18H,2,4,7-8,11,14-17H2,1H3,(H,25,27)/t18-/m1/s1. The summed E-state index contributed by atoms with van der Waals surface area (Å²) >= 11 is 0. The number of fused-ring (bicyclic) bond motifs is 2. The van der Waals surface area contributed by atoms with E-state index in [-0.39, 0.29) is 5.91 Å². The van der Waals surface area contributed by atoms with Crippen LogP contribution in [0.15, 0.2) is 42.5 Å². The number of nitrogens with one attached hydrogen (secondary N) is 1. The highest BCUT2D eigenvalue weighted by molar-refractivity contribution is 5.80. The lowest BCUT2D eigenvalue weighted by Gasteiger charge is -2.22. The summed E-state index contributed by atoms with van der Waals surface area (Å²) in [6.07, 6.45) is 6.20. The van der Waals surface area contributed by atoms with Crippen LogP contribution in [0.5, 0.6) is 5.75 Å². The van der Waals surface area contributed by atoms with E-state index in [1.165, 1.54) is 35.2 Å². The summed E-state index contributed by atoms with van der Waals surface area (Å²) in [5.74, 6) is 0.851. The van der Waals surface area contributed by atoms with Crippen LogP contribution >= 0.6 is 0 Å². The van der Waals surface area contributed by atoms with Crippen molar-refractivity contribution in [3.63, 3.8) is 0 Å². The number of hydrogen-bond donors (Lipinski definition) is 1. The van der Waals surface area contributed by atoms with E-state index in [1.54, 1.807) is 0 Å². The van der Waals surface area contributed by atoms with Crippen molar-refractivity contribution in [2.24, 2.45) is 0 Å². The van der Waals surface area contributed by atoms with Gasteiger partial charge in [-0.3, -0.25) is 4.79 Å². The molecular formula is C24H30N2O2. The zero-order valence-electron chi connectivity index (χ0n) is 16.7. The van der Waals surface area contributed by atoms with Gasteiger partial charge in [-0.1, -0.05) is 30.3 Å². The van der Waals surface area contributed by atoms with E-state index in [2.05, 4.69) is 40.5 Å². The molecule has 0 spiro atoms. The second-order valence-electron chi connectivity index (χ2n) is 7.87. The van der Waals surface area contributed by atoms with Crippen LogP contribution < -0.4 is 15.0 Å². The minimum absolute atomic E-state index is 0.0322. The van der Waals surface area contributed by atoms with Gasteiger partial charge in [0, 0.05) is 25.3 Å². The van der Waals surface area contributed by atoms with Gasteiger partial charge < -0.3 is 15.0 Å². The second kappa shape index (κ2) is 8.68. The first-order chi connectivity index (χ1) is 13.7. The Bertz CT molecular complexity index is 833. The number of benzene rings is 2. The van der Waals surface area contributed by atoms with Gasteiger partial charge >= 0.3 is 0 Å². The summed E-state index contributed by atoms with van der Waals surface area (Å²) in [5, 5.41) is 3.04. The molecule has 1 atom stereocenters. The molecule has 1 aliphatic heterocycles. The van der Waals surface area contributed by atoms with Gasteiger partial charge in [0.2, 0.25) is 0 Å². The Morgan fingerprint density at radius 2 is 1.89 bits per heavy atom. The molecule has 4 nitrogen and oxygen atoms in total. The van der Waals surface area contributed by atoms with Gasteiger partial charge in [-0.2, -0.15) is 0 Å². The number of aryl methyl sites for hydroxylation is 1. The maximum Gasteiger partial charge on any atom is 0.260 e. The lowest BCUT2D eigenvalue weighted by Crippen LogP contribution is -2.38. The Kier molecular flexibility index (Phi) is 5.84. The molecule has 1 aliphatic carbocycles. The zero-order valence-corrected chi connectivity index (χ0v) is 16.7. The maximum absolute atomic E-state index is 12.5. The van der Waals surface area contributed by atoms with Crippen molar-refractivity contribution in [3.8, 4) is 5.75 Å². The molecule has 0 saturated carbocycles. The molecule has 4 heteroatoms. The average molecular weight is 379 g/mol. The first-order valence-corrected chi connectivity index (χ1v) is 10.6. The van der Waals surface area contributed by atoms with Crippen LogP contribution in [0.4, 0.5) is 5.69 Å². The Morgan fingerprint density at radius 3 is 2.82 bits per heavy atom. The van der Waals surface area contributed by atoms with Crippen LogP contribution in [-0.2, 0) is 24.1 Å². The summed E-state index contributed by atoms with van der Waals surface area (Å²) in [5.41, 5.74) is 5.45. The van der Waals surface area contributed by atoms with E-state index in [1.807, 2.05) is 19.1 Å². The smallest absolute Gasteiger partial charge is 0.260 e. The van der Waals surface area contributed by atoms with Crippen molar-refractivity contribution in [1.82, 2.24) is 5.32 Å². The van der Waals surface area contributed by atoms with Crippen LogP contribution in [-0.4, -0.2) is 31.6 Å². The predicted octanol–water partition coefficient (Wildman–Crippen LogP) is 3.90. The molecule has 4 rings (SSSR count). The summed E-state index contributed by atoms with van der Waals surface area (Å²) in [4.78, 5) is 14.9. The Hall–Kier alpha value is -2.49. The molecule has 2 aliphatic rings. The Balaban J connectivity index is 1.23. The molecule has 0 fully saturated rings. The fourth-order valence-electron chi connectivity index (χ4n) is 4.36. The first kappa shape index (κ1) is 18.9. The SMILES string of the molecule is C[C@@H](Oc1cccc2c1CCCC2)C(=O)NCCCN1CCc2ccccc21. The molecule has 1 heterocycles. The van der Waals surface area contributed by atoms with Gasteiger partial charge in [0.1, 0.15) is 5.75 Å². The van der Waals surface area contributed by atoms with Crippen molar-refractivity contribution in [1.29, 1.82) is 0 Å². The highest BCUT2D eigenvalue weighted by atomic mass is 16.5. The first-order valence-electron chi connectivity index (χ1n) is 10.6. The van der Waals surface area contributed by atoms with Crippen molar-refractivity contribution in [2.45, 2.75) is 51.6 Å². The number of hydrogen-bond acceptors (Lipinski definition) is 3. The molecular weight excluding hydrogens is 348 g/mol. The van der Waals surface area contributed by atoms with E-state index in [0.717, 1.165) is 44.5 Å². The van der Waals surface area contributed by atoms with Crippen molar-refractivity contribution in [3.05, 3.63) is 59.2 Å². The van der Waals surface area contributed by atoms with Gasteiger partial charge in [-0.25, -0.2) is 0 Å². The van der Waals surface area contributed by atoms with Crippen LogP contribution in [0.2, 0.25) is 0 Å². The molecule has 0 radical (unpaired) electrons. The van der Waals surface area contributed by atoms with Crippen molar-refractivity contribution in [2.75, 3.05) is 24.5 Å². The minimum atomic E-state index is -0.471. The number of amides is 1. The molecule has 0 saturated heterocycles. The topological polar surface area (TPSA) is 41.6 Å². The van der Waals surface area contributed by atoms with E-state index >= 15 is 0 Å². The molecule has 28 heavy (non-hydrogen) atoms. The van der Waals surface area contributed by atoms with Gasteiger partial charge in [0.25, 0.3) is 5.91 Å². The van der Waals surface area contributed by atoms with Crippen LogP contribution in [0.25, 0.3) is 0 Å². The van der Waals surface area contributed by atoms with Gasteiger partial charge in [-0.15, -0.1) is 0 Å². The van der Waals surface area contributed by atoms with Crippen molar-refractivity contribution >= 4 is 11.6 Å². The molecule has 2 aromatic rings. The summed E-state index contributed by atoms with van der Waals surface area (Å²) in [7, 11) is 0. The lowest BCUT2D eigenvalue weighted by atomic mass is 9.91. The highest BCUT2D eigenvalue weighted by Crippen LogP contribution is 2.30. The molecule has 148 valence electrons. The summed E-state index contributed by atoms with van der Waals surface area (Å²) < 4.78 is 6.03. The average Bonchev–Trinajstić information content (AvgIpc) is 3.14. The Morgan fingerprint density at radius 1 is 1.07 bits per heavy atom. The van der Waals surface area contributed by atoms with E-state index in [4.69, 9.17) is 4.74 Å². The number of para-hydroxylation sites is 1. The second-order valence-corrected chi connectivity index (χ2v) is 7.87. The highest BCUT2D eigenvalue weighted by Gasteiger charge is 2.20. The fraction of sp³-hybridized carbons (Fsp3) is 0.458. The third kappa shape index (κ3) is 4.16.